The first-order valence-electron chi connectivity index (χ1n) is 9.97. The van der Waals surface area contributed by atoms with Crippen molar-refractivity contribution in [2.45, 2.75) is 24.6 Å². The largest absolute Gasteiger partial charge is 0.375 e. The molecular weight excluding hydrogens is 382 g/mol. The van der Waals surface area contributed by atoms with Crippen LogP contribution < -0.4 is 0 Å². The summed E-state index contributed by atoms with van der Waals surface area (Å²) < 4.78 is 5.67. The van der Waals surface area contributed by atoms with Gasteiger partial charge >= 0.3 is 0 Å². The number of benzene rings is 2. The van der Waals surface area contributed by atoms with Gasteiger partial charge in [-0.2, -0.15) is 0 Å². The summed E-state index contributed by atoms with van der Waals surface area (Å²) in [7, 11) is 0. The highest BCUT2D eigenvalue weighted by Crippen LogP contribution is 2.32. The van der Waals surface area contributed by atoms with E-state index in [9.17, 15) is 4.79 Å². The first-order chi connectivity index (χ1) is 14.2. The lowest BCUT2D eigenvalue weighted by Crippen LogP contribution is -2.46. The van der Waals surface area contributed by atoms with Gasteiger partial charge in [0.1, 0.15) is 0 Å². The molecule has 0 radical (unpaired) electrons. The Morgan fingerprint density at radius 1 is 1.14 bits per heavy atom. The number of aromatic amines is 1. The van der Waals surface area contributed by atoms with Crippen LogP contribution in [0, 0.1) is 0 Å². The van der Waals surface area contributed by atoms with E-state index in [1.54, 1.807) is 0 Å². The van der Waals surface area contributed by atoms with Crippen molar-refractivity contribution >= 4 is 17.7 Å². The lowest BCUT2D eigenvalue weighted by atomic mass is 10.1. The highest BCUT2D eigenvalue weighted by Gasteiger charge is 2.23. The van der Waals surface area contributed by atoms with E-state index >= 15 is 0 Å². The van der Waals surface area contributed by atoms with Crippen molar-refractivity contribution in [3.05, 3.63) is 60.7 Å². The third-order valence-corrected chi connectivity index (χ3v) is 5.93. The van der Waals surface area contributed by atoms with Crippen LogP contribution in [0.5, 0.6) is 0 Å². The Bertz CT molecular complexity index is 886. The average Bonchev–Trinajstić information content (AvgIpc) is 3.23. The van der Waals surface area contributed by atoms with E-state index in [1.807, 2.05) is 41.3 Å². The minimum absolute atomic E-state index is 0.135. The Morgan fingerprint density at radius 3 is 2.52 bits per heavy atom. The summed E-state index contributed by atoms with van der Waals surface area (Å²) in [6, 6.07) is 20.3. The molecular formula is C23H25N3O2S. The molecule has 1 amide bonds. The summed E-state index contributed by atoms with van der Waals surface area (Å²) >= 11 is 1.46. The van der Waals surface area contributed by atoms with Crippen molar-refractivity contribution in [3.8, 4) is 22.5 Å². The summed E-state index contributed by atoms with van der Waals surface area (Å²) in [6.07, 6.45) is 1.08. The van der Waals surface area contributed by atoms with Crippen molar-refractivity contribution in [2.24, 2.45) is 0 Å². The van der Waals surface area contributed by atoms with Crippen LogP contribution >= 0.6 is 11.8 Å². The van der Waals surface area contributed by atoms with E-state index in [2.05, 4.69) is 36.2 Å². The van der Waals surface area contributed by atoms with Crippen LogP contribution in [0.3, 0.4) is 0 Å². The van der Waals surface area contributed by atoms with E-state index in [4.69, 9.17) is 9.72 Å². The first kappa shape index (κ1) is 19.7. The third kappa shape index (κ3) is 4.71. The minimum Gasteiger partial charge on any atom is -0.375 e. The van der Waals surface area contributed by atoms with Crippen LogP contribution in [-0.2, 0) is 9.53 Å². The number of H-pyrrole nitrogens is 1. The molecule has 1 fully saturated rings. The predicted molar refractivity (Wildman–Crippen MR) is 117 cm³/mol. The maximum absolute atomic E-state index is 12.7. The van der Waals surface area contributed by atoms with E-state index in [-0.39, 0.29) is 12.0 Å². The lowest BCUT2D eigenvalue weighted by molar-refractivity contribution is -0.135. The number of ether oxygens (including phenoxy) is 1. The zero-order valence-corrected chi connectivity index (χ0v) is 17.3. The fourth-order valence-corrected chi connectivity index (χ4v) is 4.23. The Labute approximate surface area is 175 Å². The molecule has 150 valence electrons. The molecule has 0 bridgehead atoms. The highest BCUT2D eigenvalue weighted by atomic mass is 32.2. The number of carbonyl (C=O) groups is 1. The predicted octanol–water partition coefficient (Wildman–Crippen LogP) is 4.47. The van der Waals surface area contributed by atoms with Crippen LogP contribution in [0.25, 0.3) is 22.5 Å². The van der Waals surface area contributed by atoms with Crippen molar-refractivity contribution in [2.75, 3.05) is 25.4 Å². The SMILES string of the molecule is CCC1CN(C(=O)CSc2nc(-c3ccccc3)c(-c3ccccc3)[nH]2)CCO1. The number of hydrogen-bond donors (Lipinski definition) is 1. The Balaban J connectivity index is 1.52. The van der Waals surface area contributed by atoms with Crippen molar-refractivity contribution in [1.29, 1.82) is 0 Å². The molecule has 3 aromatic rings. The summed E-state index contributed by atoms with van der Waals surface area (Å²) in [6.45, 7) is 4.05. The number of imidazole rings is 1. The molecule has 1 aromatic heterocycles. The monoisotopic (exact) mass is 407 g/mol. The second kappa shape index (κ2) is 9.29. The van der Waals surface area contributed by atoms with Crippen LogP contribution in [0.15, 0.2) is 65.8 Å². The van der Waals surface area contributed by atoms with Crippen molar-refractivity contribution in [3.63, 3.8) is 0 Å². The molecule has 0 spiro atoms. The van der Waals surface area contributed by atoms with E-state index < -0.39 is 0 Å². The third-order valence-electron chi connectivity index (χ3n) is 5.07. The molecule has 2 heterocycles. The number of nitrogens with one attached hydrogen (secondary N) is 1. The standard InChI is InChI=1S/C23H25N3O2S/c1-2-19-15-26(13-14-28-19)20(27)16-29-23-24-21(17-9-5-3-6-10-17)22(25-23)18-11-7-4-8-12-18/h3-12,19H,2,13-16H2,1H3,(H,24,25). The molecule has 0 aliphatic carbocycles. The summed E-state index contributed by atoms with van der Waals surface area (Å²) in [5.74, 6) is 0.502. The maximum Gasteiger partial charge on any atom is 0.233 e. The number of thioether (sulfide) groups is 1. The molecule has 1 aliphatic heterocycles. The topological polar surface area (TPSA) is 58.2 Å². The van der Waals surface area contributed by atoms with Gasteiger partial charge in [-0.1, -0.05) is 79.3 Å². The quantitative estimate of drug-likeness (QED) is 0.613. The summed E-state index contributed by atoms with van der Waals surface area (Å²) in [5, 5.41) is 0.761. The summed E-state index contributed by atoms with van der Waals surface area (Å²) in [4.78, 5) is 22.8. The second-order valence-corrected chi connectivity index (χ2v) is 7.99. The zero-order valence-electron chi connectivity index (χ0n) is 16.5. The van der Waals surface area contributed by atoms with Gasteiger partial charge in [0.2, 0.25) is 5.91 Å². The van der Waals surface area contributed by atoms with Gasteiger partial charge in [-0.05, 0) is 6.42 Å². The van der Waals surface area contributed by atoms with E-state index in [0.717, 1.165) is 34.1 Å². The second-order valence-electron chi connectivity index (χ2n) is 7.03. The zero-order chi connectivity index (χ0) is 20.1. The van der Waals surface area contributed by atoms with Gasteiger partial charge in [-0.3, -0.25) is 4.79 Å². The van der Waals surface area contributed by atoms with Crippen LogP contribution in [0.2, 0.25) is 0 Å². The molecule has 6 heteroatoms. The number of carbonyl (C=O) groups excluding carboxylic acids is 1. The molecule has 1 N–H and O–H groups in total. The molecule has 29 heavy (non-hydrogen) atoms. The number of aromatic nitrogens is 2. The molecule has 1 saturated heterocycles. The van der Waals surface area contributed by atoms with Crippen molar-refractivity contribution < 1.29 is 9.53 Å². The Kier molecular flexibility index (Phi) is 6.32. The smallest absolute Gasteiger partial charge is 0.233 e. The maximum atomic E-state index is 12.7. The fraction of sp³-hybridized carbons (Fsp3) is 0.304. The number of hydrogen-bond acceptors (Lipinski definition) is 4. The number of amides is 1. The summed E-state index contributed by atoms with van der Waals surface area (Å²) in [5.41, 5.74) is 4.02. The number of morpholine rings is 1. The van der Waals surface area contributed by atoms with Gasteiger partial charge in [-0.25, -0.2) is 4.98 Å². The van der Waals surface area contributed by atoms with Gasteiger partial charge in [0.05, 0.1) is 29.9 Å². The molecule has 1 unspecified atom stereocenters. The number of nitrogens with zero attached hydrogens (tertiary/aromatic N) is 2. The van der Waals surface area contributed by atoms with Crippen LogP contribution in [-0.4, -0.2) is 52.3 Å². The van der Waals surface area contributed by atoms with Crippen LogP contribution in [0.1, 0.15) is 13.3 Å². The van der Waals surface area contributed by atoms with Crippen LogP contribution in [0.4, 0.5) is 0 Å². The first-order valence-corrected chi connectivity index (χ1v) is 11.0. The average molecular weight is 408 g/mol. The van der Waals surface area contributed by atoms with Gasteiger partial charge in [-0.15, -0.1) is 0 Å². The van der Waals surface area contributed by atoms with E-state index in [0.29, 0.717) is 25.4 Å². The highest BCUT2D eigenvalue weighted by molar-refractivity contribution is 7.99. The normalized spacial score (nSPS) is 16.7. The molecule has 5 nitrogen and oxygen atoms in total. The van der Waals surface area contributed by atoms with Gasteiger partial charge in [0.25, 0.3) is 0 Å². The molecule has 1 aliphatic rings. The van der Waals surface area contributed by atoms with Gasteiger partial charge < -0.3 is 14.6 Å². The lowest BCUT2D eigenvalue weighted by Gasteiger charge is -2.32. The fourth-order valence-electron chi connectivity index (χ4n) is 3.45. The minimum atomic E-state index is 0.135. The molecule has 0 saturated carbocycles. The molecule has 1 atom stereocenters. The van der Waals surface area contributed by atoms with Gasteiger partial charge in [0.15, 0.2) is 5.16 Å². The Hall–Kier alpha value is -2.57. The Morgan fingerprint density at radius 2 is 1.83 bits per heavy atom. The van der Waals surface area contributed by atoms with Crippen molar-refractivity contribution in [1.82, 2.24) is 14.9 Å². The van der Waals surface area contributed by atoms with Gasteiger partial charge in [0, 0.05) is 24.2 Å². The molecule has 2 aromatic carbocycles. The molecule has 4 rings (SSSR count). The number of rotatable bonds is 6. The van der Waals surface area contributed by atoms with E-state index in [1.165, 1.54) is 11.8 Å².